The molecule has 2 aliphatic rings. The molecule has 0 heterocycles. The van der Waals surface area contributed by atoms with E-state index >= 15 is 0 Å². The molecule has 3 atom stereocenters. The van der Waals surface area contributed by atoms with Crippen molar-refractivity contribution >= 4 is 0 Å². The van der Waals surface area contributed by atoms with Crippen molar-refractivity contribution in [3.8, 4) is 0 Å². The van der Waals surface area contributed by atoms with Crippen LogP contribution in [0.5, 0.6) is 0 Å². The first kappa shape index (κ1) is 9.51. The molecule has 13 heavy (non-hydrogen) atoms. The number of hydrogen-bond acceptors (Lipinski definition) is 1. The Morgan fingerprint density at radius 2 is 1.92 bits per heavy atom. The minimum Gasteiger partial charge on any atom is -0.310 e. The van der Waals surface area contributed by atoms with E-state index in [0.717, 1.165) is 18.0 Å². The average Bonchev–Trinajstić information content (AvgIpc) is 2.38. The topological polar surface area (TPSA) is 12.0 Å². The summed E-state index contributed by atoms with van der Waals surface area (Å²) in [7, 11) is 0. The van der Waals surface area contributed by atoms with Gasteiger partial charge in [-0.05, 0) is 37.0 Å². The zero-order chi connectivity index (χ0) is 9.47. The van der Waals surface area contributed by atoms with Crippen molar-refractivity contribution in [2.45, 2.75) is 65.0 Å². The lowest BCUT2D eigenvalue weighted by molar-refractivity contribution is 0.168. The van der Waals surface area contributed by atoms with E-state index in [1.165, 1.54) is 32.1 Å². The summed E-state index contributed by atoms with van der Waals surface area (Å²) in [6, 6.07) is 1.63. The van der Waals surface area contributed by atoms with Crippen molar-refractivity contribution in [2.75, 3.05) is 0 Å². The Morgan fingerprint density at radius 3 is 2.31 bits per heavy atom. The Balaban J connectivity index is 1.87. The zero-order valence-electron chi connectivity index (χ0n) is 9.27. The van der Waals surface area contributed by atoms with Crippen molar-refractivity contribution in [2.24, 2.45) is 11.3 Å². The fourth-order valence-electron chi connectivity index (χ4n) is 2.81. The van der Waals surface area contributed by atoms with Crippen molar-refractivity contribution in [1.82, 2.24) is 5.32 Å². The highest BCUT2D eigenvalue weighted by Crippen LogP contribution is 2.39. The molecule has 0 aromatic carbocycles. The van der Waals surface area contributed by atoms with E-state index in [9.17, 15) is 0 Å². The summed E-state index contributed by atoms with van der Waals surface area (Å²) in [5.41, 5.74) is 0.551. The van der Waals surface area contributed by atoms with Gasteiger partial charge in [-0.3, -0.25) is 0 Å². The molecule has 0 spiro atoms. The van der Waals surface area contributed by atoms with Crippen LogP contribution in [-0.2, 0) is 0 Å². The molecular weight excluding hydrogens is 158 g/mol. The van der Waals surface area contributed by atoms with Crippen LogP contribution in [0.15, 0.2) is 0 Å². The normalized spacial score (nSPS) is 43.2. The molecule has 1 nitrogen and oxygen atoms in total. The highest BCUT2D eigenvalue weighted by Gasteiger charge is 2.38. The van der Waals surface area contributed by atoms with Gasteiger partial charge in [0.05, 0.1) is 0 Å². The third-order valence-electron chi connectivity index (χ3n) is 4.29. The van der Waals surface area contributed by atoms with Crippen LogP contribution in [0.4, 0.5) is 0 Å². The molecular formula is C12H23N. The molecule has 2 saturated carbocycles. The van der Waals surface area contributed by atoms with E-state index in [1.807, 2.05) is 0 Å². The summed E-state index contributed by atoms with van der Waals surface area (Å²) in [5.74, 6) is 0.927. The molecule has 1 N–H and O–H groups in total. The molecule has 0 aliphatic heterocycles. The molecule has 2 rings (SSSR count). The van der Waals surface area contributed by atoms with Gasteiger partial charge in [-0.15, -0.1) is 0 Å². The van der Waals surface area contributed by atoms with Gasteiger partial charge >= 0.3 is 0 Å². The lowest BCUT2D eigenvalue weighted by Crippen LogP contribution is -2.50. The predicted octanol–water partition coefficient (Wildman–Crippen LogP) is 2.95. The Labute approximate surface area is 82.3 Å². The van der Waals surface area contributed by atoms with Crippen LogP contribution in [-0.4, -0.2) is 12.1 Å². The van der Waals surface area contributed by atoms with Gasteiger partial charge in [0.15, 0.2) is 0 Å². The van der Waals surface area contributed by atoms with Crippen LogP contribution in [0.25, 0.3) is 0 Å². The summed E-state index contributed by atoms with van der Waals surface area (Å²) < 4.78 is 0. The fourth-order valence-corrected chi connectivity index (χ4v) is 2.81. The standard InChI is InChI=1S/C12H23N/c1-9-6-7-10(9)13-11-5-4-8-12(11,2)3/h9-11,13H,4-8H2,1-3H3. The Kier molecular flexibility index (Phi) is 2.39. The van der Waals surface area contributed by atoms with E-state index in [1.54, 1.807) is 0 Å². The van der Waals surface area contributed by atoms with Crippen LogP contribution >= 0.6 is 0 Å². The zero-order valence-corrected chi connectivity index (χ0v) is 9.27. The minimum absolute atomic E-state index is 0.551. The number of nitrogens with one attached hydrogen (secondary N) is 1. The molecule has 2 fully saturated rings. The van der Waals surface area contributed by atoms with Gasteiger partial charge in [-0.2, -0.15) is 0 Å². The van der Waals surface area contributed by atoms with Gasteiger partial charge in [0, 0.05) is 12.1 Å². The second-order valence-corrected chi connectivity index (χ2v) is 5.76. The second kappa shape index (κ2) is 3.27. The SMILES string of the molecule is CC1CCC1NC1CCCC1(C)C. The van der Waals surface area contributed by atoms with Gasteiger partial charge < -0.3 is 5.32 Å². The Morgan fingerprint density at radius 1 is 1.15 bits per heavy atom. The van der Waals surface area contributed by atoms with Crippen LogP contribution in [0.3, 0.4) is 0 Å². The summed E-state index contributed by atoms with van der Waals surface area (Å²) >= 11 is 0. The predicted molar refractivity (Wildman–Crippen MR) is 56.7 cm³/mol. The summed E-state index contributed by atoms with van der Waals surface area (Å²) in [6.07, 6.45) is 7.08. The van der Waals surface area contributed by atoms with Crippen LogP contribution in [0, 0.1) is 11.3 Å². The fraction of sp³-hybridized carbons (Fsp3) is 1.00. The van der Waals surface area contributed by atoms with Gasteiger partial charge in [-0.25, -0.2) is 0 Å². The first-order chi connectivity index (χ1) is 6.09. The summed E-state index contributed by atoms with van der Waals surface area (Å²) in [6.45, 7) is 7.21. The largest absolute Gasteiger partial charge is 0.310 e. The first-order valence-corrected chi connectivity index (χ1v) is 5.86. The maximum Gasteiger partial charge on any atom is 0.0121 e. The molecule has 0 saturated heterocycles. The maximum atomic E-state index is 3.86. The average molecular weight is 181 g/mol. The third kappa shape index (κ3) is 1.76. The van der Waals surface area contributed by atoms with E-state index < -0.39 is 0 Å². The summed E-state index contributed by atoms with van der Waals surface area (Å²) in [4.78, 5) is 0. The second-order valence-electron chi connectivity index (χ2n) is 5.76. The maximum absolute atomic E-state index is 3.86. The Bertz CT molecular complexity index is 186. The van der Waals surface area contributed by atoms with E-state index in [0.29, 0.717) is 5.41 Å². The van der Waals surface area contributed by atoms with Gasteiger partial charge in [-0.1, -0.05) is 27.2 Å². The van der Waals surface area contributed by atoms with Crippen LogP contribution in [0.1, 0.15) is 52.9 Å². The van der Waals surface area contributed by atoms with Gasteiger partial charge in [0.25, 0.3) is 0 Å². The minimum atomic E-state index is 0.551. The monoisotopic (exact) mass is 181 g/mol. The molecule has 3 unspecified atom stereocenters. The van der Waals surface area contributed by atoms with E-state index in [4.69, 9.17) is 0 Å². The smallest absolute Gasteiger partial charge is 0.0121 e. The van der Waals surface area contributed by atoms with Crippen molar-refractivity contribution < 1.29 is 0 Å². The highest BCUT2D eigenvalue weighted by molar-refractivity contribution is 4.95. The molecule has 0 radical (unpaired) electrons. The van der Waals surface area contributed by atoms with Crippen molar-refractivity contribution in [3.63, 3.8) is 0 Å². The summed E-state index contributed by atoms with van der Waals surface area (Å²) in [5, 5.41) is 3.86. The molecule has 2 aliphatic carbocycles. The van der Waals surface area contributed by atoms with Crippen molar-refractivity contribution in [3.05, 3.63) is 0 Å². The van der Waals surface area contributed by atoms with Crippen LogP contribution in [0.2, 0.25) is 0 Å². The van der Waals surface area contributed by atoms with Crippen molar-refractivity contribution in [1.29, 1.82) is 0 Å². The lowest BCUT2D eigenvalue weighted by atomic mass is 9.78. The molecule has 0 amide bonds. The quantitative estimate of drug-likeness (QED) is 0.690. The molecule has 76 valence electrons. The molecule has 0 aromatic rings. The number of hydrogen-bond donors (Lipinski definition) is 1. The molecule has 0 aromatic heterocycles. The first-order valence-electron chi connectivity index (χ1n) is 5.86. The number of rotatable bonds is 2. The molecule has 0 bridgehead atoms. The van der Waals surface area contributed by atoms with Gasteiger partial charge in [0.2, 0.25) is 0 Å². The lowest BCUT2D eigenvalue weighted by Gasteiger charge is -2.40. The van der Waals surface area contributed by atoms with Crippen LogP contribution < -0.4 is 5.32 Å². The van der Waals surface area contributed by atoms with E-state index in [-0.39, 0.29) is 0 Å². The highest BCUT2D eigenvalue weighted by atomic mass is 15.0. The third-order valence-corrected chi connectivity index (χ3v) is 4.29. The molecule has 1 heteroatoms. The van der Waals surface area contributed by atoms with Gasteiger partial charge in [0.1, 0.15) is 0 Å². The Hall–Kier alpha value is -0.0400. The van der Waals surface area contributed by atoms with E-state index in [2.05, 4.69) is 26.1 Å².